The van der Waals surface area contributed by atoms with E-state index in [0.29, 0.717) is 30.8 Å². The minimum absolute atomic E-state index is 0.00787. The molecule has 0 amide bonds. The van der Waals surface area contributed by atoms with Gasteiger partial charge in [-0.1, -0.05) is 76.3 Å². The molecule has 1 rings (SSSR count). The molecule has 1 heterocycles. The highest BCUT2D eigenvalue weighted by Crippen LogP contribution is 2.41. The van der Waals surface area contributed by atoms with Crippen molar-refractivity contribution in [1.82, 2.24) is 0 Å². The summed E-state index contributed by atoms with van der Waals surface area (Å²) in [5.74, 6) is 1.14. The minimum Gasteiger partial charge on any atom is -0.414 e. The number of alkyl halides is 3. The Hall–Kier alpha value is 0.677. The van der Waals surface area contributed by atoms with Gasteiger partial charge in [0.1, 0.15) is 0 Å². The highest BCUT2D eigenvalue weighted by Gasteiger charge is 2.43. The van der Waals surface area contributed by atoms with E-state index in [4.69, 9.17) is 49.4 Å². The quantitative estimate of drug-likeness (QED) is 0.309. The second-order valence-electron chi connectivity index (χ2n) is 9.04. The number of ether oxygens (including phenoxy) is 1. The van der Waals surface area contributed by atoms with Crippen molar-refractivity contribution >= 4 is 48.8 Å². The predicted octanol–water partition coefficient (Wildman–Crippen LogP) is 6.46. The standard InChI is InChI=1S/C18H34Cl3NO2Si/c1-11-12(2)14(9-16(22)18(19,20)21)24-15(13(11)3)10-23-25(7,8)17(4,5)6/h11-15,22H,9-10H2,1-8H3/t11-,12?,13-,14+,15?/m1/s1. The molecule has 2 unspecified atom stereocenters. The van der Waals surface area contributed by atoms with E-state index in [9.17, 15) is 0 Å². The van der Waals surface area contributed by atoms with E-state index in [1.807, 2.05) is 0 Å². The molecule has 1 aliphatic rings. The molecule has 1 aliphatic heterocycles. The first-order valence-electron chi connectivity index (χ1n) is 9.02. The van der Waals surface area contributed by atoms with Crippen LogP contribution in [0, 0.1) is 23.2 Å². The number of hydrogen-bond acceptors (Lipinski definition) is 3. The zero-order chi connectivity index (χ0) is 19.8. The summed E-state index contributed by atoms with van der Waals surface area (Å²) in [6.07, 6.45) is 0.224. The first-order chi connectivity index (χ1) is 11.1. The van der Waals surface area contributed by atoms with E-state index in [-0.39, 0.29) is 23.0 Å². The molecule has 0 bridgehead atoms. The van der Waals surface area contributed by atoms with Crippen LogP contribution in [0.25, 0.3) is 0 Å². The van der Waals surface area contributed by atoms with Crippen LogP contribution in [0.3, 0.4) is 0 Å². The molecule has 0 radical (unpaired) electrons. The smallest absolute Gasteiger partial charge is 0.228 e. The SMILES string of the molecule is CC1[C@H](CC(=N)C(Cl)(Cl)Cl)OC(CO[Si](C)(C)C(C)(C)C)[C@H](C)[C@@H]1C. The number of halogens is 3. The maximum atomic E-state index is 8.03. The summed E-state index contributed by atoms with van der Waals surface area (Å²) in [5, 5.41) is 8.20. The molecule has 1 saturated heterocycles. The van der Waals surface area contributed by atoms with Crippen molar-refractivity contribution in [2.75, 3.05) is 6.61 Å². The molecule has 0 aromatic heterocycles. The van der Waals surface area contributed by atoms with Gasteiger partial charge in [0, 0.05) is 6.42 Å². The molecule has 0 saturated carbocycles. The van der Waals surface area contributed by atoms with Gasteiger partial charge in [0.25, 0.3) is 0 Å². The van der Waals surface area contributed by atoms with Crippen LogP contribution in [-0.2, 0) is 9.16 Å². The van der Waals surface area contributed by atoms with Crippen molar-refractivity contribution < 1.29 is 9.16 Å². The first kappa shape index (κ1) is 23.7. The maximum absolute atomic E-state index is 8.03. The summed E-state index contributed by atoms with van der Waals surface area (Å²) in [7, 11) is -1.83. The number of rotatable bonds is 5. The van der Waals surface area contributed by atoms with Crippen molar-refractivity contribution in [1.29, 1.82) is 5.41 Å². The normalized spacial score (nSPS) is 31.9. The monoisotopic (exact) mass is 429 g/mol. The molecule has 5 atom stereocenters. The van der Waals surface area contributed by atoms with Crippen LogP contribution in [0.1, 0.15) is 48.0 Å². The lowest BCUT2D eigenvalue weighted by molar-refractivity contribution is -0.142. The van der Waals surface area contributed by atoms with Gasteiger partial charge in [-0.2, -0.15) is 0 Å². The third-order valence-corrected chi connectivity index (χ3v) is 11.5. The van der Waals surface area contributed by atoms with Gasteiger partial charge in [-0.3, -0.25) is 0 Å². The van der Waals surface area contributed by atoms with E-state index in [1.165, 1.54) is 0 Å². The number of hydrogen-bond donors (Lipinski definition) is 1. The Morgan fingerprint density at radius 1 is 1.00 bits per heavy atom. The van der Waals surface area contributed by atoms with Crippen molar-refractivity contribution in [3.63, 3.8) is 0 Å². The van der Waals surface area contributed by atoms with Crippen LogP contribution in [0.5, 0.6) is 0 Å². The highest BCUT2D eigenvalue weighted by molar-refractivity contribution is 6.76. The van der Waals surface area contributed by atoms with Crippen LogP contribution < -0.4 is 0 Å². The predicted molar refractivity (Wildman–Crippen MR) is 112 cm³/mol. The Bertz CT molecular complexity index is 474. The zero-order valence-electron chi connectivity index (χ0n) is 16.8. The van der Waals surface area contributed by atoms with Crippen LogP contribution in [0.15, 0.2) is 0 Å². The van der Waals surface area contributed by atoms with Crippen LogP contribution in [0.2, 0.25) is 18.1 Å². The van der Waals surface area contributed by atoms with E-state index in [0.717, 1.165) is 0 Å². The van der Waals surface area contributed by atoms with Crippen molar-refractivity contribution in [3.8, 4) is 0 Å². The van der Waals surface area contributed by atoms with Gasteiger partial charge in [0.05, 0.1) is 24.5 Å². The molecule has 1 N–H and O–H groups in total. The van der Waals surface area contributed by atoms with Crippen molar-refractivity contribution in [3.05, 3.63) is 0 Å². The summed E-state index contributed by atoms with van der Waals surface area (Å²) in [6.45, 7) is 18.4. The summed E-state index contributed by atoms with van der Waals surface area (Å²) in [6, 6.07) is 0. The van der Waals surface area contributed by atoms with E-state index >= 15 is 0 Å². The summed E-state index contributed by atoms with van der Waals surface area (Å²) in [5.41, 5.74) is 0.0835. The van der Waals surface area contributed by atoms with E-state index in [1.54, 1.807) is 0 Å². The van der Waals surface area contributed by atoms with Gasteiger partial charge in [0.2, 0.25) is 3.79 Å². The molecule has 0 aromatic rings. The van der Waals surface area contributed by atoms with Crippen LogP contribution >= 0.6 is 34.8 Å². The molecular weight excluding hydrogens is 397 g/mol. The Kier molecular flexibility index (Phi) is 7.93. The van der Waals surface area contributed by atoms with E-state index in [2.05, 4.69) is 54.6 Å². The highest BCUT2D eigenvalue weighted by atomic mass is 35.6. The molecule has 0 aliphatic carbocycles. The van der Waals surface area contributed by atoms with Gasteiger partial charge in [-0.25, -0.2) is 0 Å². The molecule has 0 spiro atoms. The molecule has 1 fully saturated rings. The third kappa shape index (κ3) is 6.08. The second-order valence-corrected chi connectivity index (χ2v) is 16.1. The Balaban J connectivity index is 2.82. The fourth-order valence-corrected chi connectivity index (χ4v) is 4.12. The van der Waals surface area contributed by atoms with Gasteiger partial charge in [0.15, 0.2) is 8.32 Å². The molecule has 3 nitrogen and oxygen atoms in total. The lowest BCUT2D eigenvalue weighted by Crippen LogP contribution is -2.50. The van der Waals surface area contributed by atoms with Gasteiger partial charge < -0.3 is 14.6 Å². The summed E-state index contributed by atoms with van der Waals surface area (Å²) in [4.78, 5) is 0. The molecular formula is C18H34Cl3NO2Si. The Morgan fingerprint density at radius 3 is 1.92 bits per heavy atom. The van der Waals surface area contributed by atoms with Gasteiger partial charge in [-0.05, 0) is 35.9 Å². The molecule has 7 heteroatoms. The zero-order valence-corrected chi connectivity index (χ0v) is 20.0. The minimum atomic E-state index is -1.83. The van der Waals surface area contributed by atoms with Gasteiger partial charge in [-0.15, -0.1) is 0 Å². The molecule has 25 heavy (non-hydrogen) atoms. The lowest BCUT2D eigenvalue weighted by Gasteiger charge is -2.46. The molecule has 148 valence electrons. The largest absolute Gasteiger partial charge is 0.414 e. The maximum Gasteiger partial charge on any atom is 0.228 e. The Morgan fingerprint density at radius 2 is 1.48 bits per heavy atom. The van der Waals surface area contributed by atoms with Crippen molar-refractivity contribution in [2.45, 2.75) is 82.1 Å². The van der Waals surface area contributed by atoms with Crippen LogP contribution in [0.4, 0.5) is 0 Å². The van der Waals surface area contributed by atoms with Crippen LogP contribution in [-0.4, -0.2) is 36.6 Å². The van der Waals surface area contributed by atoms with Gasteiger partial charge >= 0.3 is 0 Å². The van der Waals surface area contributed by atoms with Crippen molar-refractivity contribution in [2.24, 2.45) is 17.8 Å². The second kappa shape index (κ2) is 8.36. The fraction of sp³-hybridized carbons (Fsp3) is 0.944. The fourth-order valence-electron chi connectivity index (χ4n) is 2.88. The average molecular weight is 431 g/mol. The average Bonchev–Trinajstić information content (AvgIpc) is 2.44. The summed E-state index contributed by atoms with van der Waals surface area (Å²) < 4.78 is 11.1. The van der Waals surface area contributed by atoms with E-state index < -0.39 is 12.1 Å². The first-order valence-corrected chi connectivity index (χ1v) is 13.1. The molecule has 0 aromatic carbocycles. The third-order valence-electron chi connectivity index (χ3n) is 6.34. The Labute approximate surface area is 169 Å². The lowest BCUT2D eigenvalue weighted by atomic mass is 9.75. The topological polar surface area (TPSA) is 42.3 Å². The number of nitrogens with one attached hydrogen (secondary N) is 1. The summed E-state index contributed by atoms with van der Waals surface area (Å²) >= 11 is 17.6.